The van der Waals surface area contributed by atoms with Crippen LogP contribution in [0.3, 0.4) is 0 Å². The molecule has 0 aliphatic heterocycles. The first-order valence-corrected chi connectivity index (χ1v) is 2.51. The minimum atomic E-state index is 0.407. The van der Waals surface area contributed by atoms with Gasteiger partial charge in [0.05, 0.1) is 0 Å². The van der Waals surface area contributed by atoms with Crippen molar-refractivity contribution in [1.82, 2.24) is 30.6 Å². The van der Waals surface area contributed by atoms with Crippen LogP contribution in [-0.4, -0.2) is 30.6 Å². The number of rotatable bonds is 0. The van der Waals surface area contributed by atoms with E-state index < -0.39 is 0 Å². The van der Waals surface area contributed by atoms with Crippen molar-refractivity contribution in [3.05, 3.63) is 12.5 Å². The molecule has 0 spiro atoms. The summed E-state index contributed by atoms with van der Waals surface area (Å²) in [6, 6.07) is 0. The van der Waals surface area contributed by atoms with Crippen LogP contribution in [0.2, 0.25) is 0 Å². The maximum atomic E-state index is 3.76. The normalized spacial score (nSPS) is 10.0. The lowest BCUT2D eigenvalue weighted by Crippen LogP contribution is -1.93. The van der Waals surface area contributed by atoms with E-state index in [2.05, 4.69) is 36.8 Å². The fraction of sp³-hybridized carbons (Fsp3) is 0. The molecule has 2 aromatic rings. The van der Waals surface area contributed by atoms with Crippen molar-refractivity contribution in [3.63, 3.8) is 0 Å². The lowest BCUT2D eigenvalue weighted by Gasteiger charge is -1.85. The number of nitrogens with zero attached hydrogens (tertiary/aromatic N) is 6. The van der Waals surface area contributed by atoms with Crippen molar-refractivity contribution in [2.24, 2.45) is 0 Å². The van der Waals surface area contributed by atoms with E-state index in [-0.39, 0.29) is 0 Å². The van der Waals surface area contributed by atoms with Crippen LogP contribution in [0.5, 0.6) is 0 Å². The molecule has 0 aliphatic carbocycles. The average molecular weight is 133 g/mol. The largest absolute Gasteiger partial charge is 0.211 e. The number of hydrogen-bond donors (Lipinski definition) is 0. The van der Waals surface area contributed by atoms with Gasteiger partial charge in [-0.2, -0.15) is 0 Å². The summed E-state index contributed by atoms with van der Waals surface area (Å²) in [5.41, 5.74) is 0.836. The molecule has 1 radical (unpaired) electrons. The Balaban J connectivity index is 2.89. The molecule has 0 fully saturated rings. The standard InChI is InChI=1S/C4HN6/c1-3-4(9-10-6-1)5-2-7-8-3/h2H. The maximum Gasteiger partial charge on any atom is 0.208 e. The van der Waals surface area contributed by atoms with Gasteiger partial charge in [0.1, 0.15) is 12.5 Å². The molecule has 0 saturated heterocycles. The van der Waals surface area contributed by atoms with E-state index >= 15 is 0 Å². The second-order valence-corrected chi connectivity index (χ2v) is 1.53. The highest BCUT2D eigenvalue weighted by Gasteiger charge is 1.94. The van der Waals surface area contributed by atoms with Gasteiger partial charge in [-0.05, 0) is 5.21 Å². The van der Waals surface area contributed by atoms with E-state index in [0.29, 0.717) is 11.2 Å². The quantitative estimate of drug-likeness (QED) is 0.459. The number of fused-ring (bicyclic) bond motifs is 1. The summed E-state index contributed by atoms with van der Waals surface area (Å²) < 4.78 is 0. The van der Waals surface area contributed by atoms with Gasteiger partial charge in [0.15, 0.2) is 5.52 Å². The Bertz CT molecular complexity index is 281. The lowest BCUT2D eigenvalue weighted by atomic mass is 10.6. The van der Waals surface area contributed by atoms with Gasteiger partial charge >= 0.3 is 0 Å². The molecule has 2 aromatic heterocycles. The van der Waals surface area contributed by atoms with Gasteiger partial charge in [0.25, 0.3) is 0 Å². The van der Waals surface area contributed by atoms with Gasteiger partial charge in [0, 0.05) is 0 Å². The summed E-state index contributed by atoms with van der Waals surface area (Å²) in [6.45, 7) is 0. The van der Waals surface area contributed by atoms with Crippen molar-refractivity contribution in [1.29, 1.82) is 0 Å². The molecule has 0 unspecified atom stereocenters. The van der Waals surface area contributed by atoms with Gasteiger partial charge < -0.3 is 0 Å². The van der Waals surface area contributed by atoms with Crippen LogP contribution < -0.4 is 0 Å². The smallest absolute Gasteiger partial charge is 0.208 e. The highest BCUT2D eigenvalue weighted by atomic mass is 15.3. The van der Waals surface area contributed by atoms with E-state index in [9.17, 15) is 0 Å². The molecule has 0 bridgehead atoms. The van der Waals surface area contributed by atoms with Crippen molar-refractivity contribution < 1.29 is 0 Å². The molecule has 6 nitrogen and oxygen atoms in total. The molecule has 0 saturated carbocycles. The first kappa shape index (κ1) is 5.10. The van der Waals surface area contributed by atoms with Crippen LogP contribution >= 0.6 is 0 Å². The van der Waals surface area contributed by atoms with Gasteiger partial charge in [-0.1, -0.05) is 0 Å². The Hall–Kier alpha value is -1.72. The topological polar surface area (TPSA) is 77.3 Å². The molecular weight excluding hydrogens is 132 g/mol. The third-order valence-corrected chi connectivity index (χ3v) is 0.941. The summed E-state index contributed by atoms with van der Waals surface area (Å²) in [7, 11) is 0. The van der Waals surface area contributed by atoms with Crippen LogP contribution in [0.25, 0.3) is 11.2 Å². The Morgan fingerprint density at radius 1 is 1.30 bits per heavy atom. The first-order chi connectivity index (χ1) is 4.97. The van der Waals surface area contributed by atoms with Gasteiger partial charge in [-0.25, -0.2) is 4.98 Å². The van der Waals surface area contributed by atoms with E-state index in [1.165, 1.54) is 6.33 Å². The minimum Gasteiger partial charge on any atom is -0.211 e. The van der Waals surface area contributed by atoms with Crippen LogP contribution in [-0.2, 0) is 0 Å². The van der Waals surface area contributed by atoms with Gasteiger partial charge in [0.2, 0.25) is 5.65 Å². The molecule has 2 rings (SSSR count). The lowest BCUT2D eigenvalue weighted by molar-refractivity contribution is 0.860. The van der Waals surface area contributed by atoms with E-state index in [1.807, 2.05) is 0 Å². The highest BCUT2D eigenvalue weighted by Crippen LogP contribution is 1.94. The van der Waals surface area contributed by atoms with Crippen LogP contribution in [0.15, 0.2) is 6.33 Å². The highest BCUT2D eigenvalue weighted by molar-refractivity contribution is 5.64. The Labute approximate surface area is 55.3 Å². The molecule has 47 valence electrons. The summed E-state index contributed by atoms with van der Waals surface area (Å²) in [6.07, 6.45) is 3.79. The van der Waals surface area contributed by atoms with E-state index in [4.69, 9.17) is 0 Å². The van der Waals surface area contributed by atoms with Crippen LogP contribution in [0.4, 0.5) is 0 Å². The molecule has 2 heterocycles. The molecule has 6 heteroatoms. The summed E-state index contributed by atoms with van der Waals surface area (Å²) >= 11 is 0. The Morgan fingerprint density at radius 2 is 2.30 bits per heavy atom. The van der Waals surface area contributed by atoms with Gasteiger partial charge in [-0.15, -0.1) is 20.4 Å². The third-order valence-electron chi connectivity index (χ3n) is 0.941. The fourth-order valence-corrected chi connectivity index (χ4v) is 0.550. The first-order valence-electron chi connectivity index (χ1n) is 2.51. The summed E-state index contributed by atoms with van der Waals surface area (Å²) in [5, 5.41) is 17.4. The van der Waals surface area contributed by atoms with Crippen LogP contribution in [0, 0.1) is 6.20 Å². The molecule has 0 aliphatic rings. The molecule has 10 heavy (non-hydrogen) atoms. The number of aromatic nitrogens is 6. The van der Waals surface area contributed by atoms with E-state index in [1.54, 1.807) is 0 Å². The zero-order chi connectivity index (χ0) is 6.81. The molecule has 0 atom stereocenters. The van der Waals surface area contributed by atoms with Crippen molar-refractivity contribution in [3.8, 4) is 0 Å². The Kier molecular flexibility index (Phi) is 0.970. The van der Waals surface area contributed by atoms with E-state index in [0.717, 1.165) is 0 Å². The summed E-state index contributed by atoms with van der Waals surface area (Å²) in [5.74, 6) is 0. The molecular formula is C4HN6. The molecule has 0 amide bonds. The second-order valence-electron chi connectivity index (χ2n) is 1.53. The van der Waals surface area contributed by atoms with Crippen molar-refractivity contribution in [2.75, 3.05) is 0 Å². The van der Waals surface area contributed by atoms with Gasteiger partial charge in [-0.3, -0.25) is 0 Å². The Morgan fingerprint density at radius 3 is 3.20 bits per heavy atom. The van der Waals surface area contributed by atoms with Crippen molar-refractivity contribution >= 4 is 11.2 Å². The molecule has 0 aromatic carbocycles. The minimum absolute atomic E-state index is 0.407. The predicted molar refractivity (Wildman–Crippen MR) is 29.6 cm³/mol. The SMILES string of the molecule is [c]1nnnc2ncnnc12. The third kappa shape index (κ3) is 0.661. The maximum absolute atomic E-state index is 3.76. The zero-order valence-corrected chi connectivity index (χ0v) is 4.76. The fourth-order valence-electron chi connectivity index (χ4n) is 0.550. The second kappa shape index (κ2) is 1.90. The average Bonchev–Trinajstić information content (AvgIpc) is 2.05. The van der Waals surface area contributed by atoms with Crippen LogP contribution in [0.1, 0.15) is 0 Å². The predicted octanol–water partition coefficient (Wildman–Crippen LogP) is -0.990. The molecule has 0 N–H and O–H groups in total. The van der Waals surface area contributed by atoms with Crippen molar-refractivity contribution in [2.45, 2.75) is 0 Å². The zero-order valence-electron chi connectivity index (χ0n) is 4.76. The summed E-state index contributed by atoms with van der Waals surface area (Å²) in [4.78, 5) is 3.76. The monoisotopic (exact) mass is 133 g/mol. The number of hydrogen-bond acceptors (Lipinski definition) is 6.